The fourth-order valence-electron chi connectivity index (χ4n) is 2.04. The van der Waals surface area contributed by atoms with Gasteiger partial charge in [0.25, 0.3) is 0 Å². The molecule has 0 aromatic carbocycles. The van der Waals surface area contributed by atoms with Crippen LogP contribution in [-0.2, 0) is 17.8 Å². The van der Waals surface area contributed by atoms with E-state index in [-0.39, 0.29) is 11.9 Å². The van der Waals surface area contributed by atoms with Crippen LogP contribution in [0, 0.1) is 0 Å². The van der Waals surface area contributed by atoms with Gasteiger partial charge in [-0.2, -0.15) is 5.10 Å². The fourth-order valence-corrected chi connectivity index (χ4v) is 2.04. The molecule has 2 rings (SSSR count). The molecule has 1 atom stereocenters. The molecule has 0 aliphatic carbocycles. The van der Waals surface area contributed by atoms with Gasteiger partial charge in [0.2, 0.25) is 5.91 Å². The molecule has 0 saturated heterocycles. The van der Waals surface area contributed by atoms with Gasteiger partial charge in [0.15, 0.2) is 0 Å². The minimum atomic E-state index is -0.159. The van der Waals surface area contributed by atoms with E-state index in [1.54, 1.807) is 12.4 Å². The number of nitrogens with zero attached hydrogens (tertiary/aromatic N) is 4. The fraction of sp³-hybridized carbons (Fsp3) is 0.429. The predicted molar refractivity (Wildman–Crippen MR) is 74.8 cm³/mol. The molecule has 20 heavy (non-hydrogen) atoms. The molecule has 2 aromatic heterocycles. The Kier molecular flexibility index (Phi) is 4.81. The molecule has 1 amide bonds. The second kappa shape index (κ2) is 6.79. The summed E-state index contributed by atoms with van der Waals surface area (Å²) in [5.74, 6) is 0.739. The topological polar surface area (TPSA) is 72.7 Å². The van der Waals surface area contributed by atoms with Crippen LogP contribution in [0.15, 0.2) is 30.9 Å². The zero-order valence-corrected chi connectivity index (χ0v) is 11.8. The van der Waals surface area contributed by atoms with E-state index < -0.39 is 0 Å². The van der Waals surface area contributed by atoms with Crippen LogP contribution >= 0.6 is 0 Å². The molecule has 0 aliphatic rings. The van der Waals surface area contributed by atoms with Crippen LogP contribution in [0.4, 0.5) is 0 Å². The average molecular weight is 273 g/mol. The van der Waals surface area contributed by atoms with Gasteiger partial charge in [-0.15, -0.1) is 0 Å². The van der Waals surface area contributed by atoms with Gasteiger partial charge in [-0.05, 0) is 25.0 Å². The zero-order valence-electron chi connectivity index (χ0n) is 11.8. The molecule has 106 valence electrons. The standard InChI is InChI=1S/C14H19N5O/c1-3-7-19-14(16-10-17-19)11(2)18-13(20)8-12-5-4-6-15-9-12/h4-6,9-11H,3,7-8H2,1-2H3,(H,18,20)/t11-/m0/s1. The first-order valence-corrected chi connectivity index (χ1v) is 6.76. The highest BCUT2D eigenvalue weighted by molar-refractivity contribution is 5.78. The Bertz CT molecular complexity index is 552. The van der Waals surface area contributed by atoms with Crippen molar-refractivity contribution in [2.75, 3.05) is 0 Å². The van der Waals surface area contributed by atoms with Crippen LogP contribution in [-0.4, -0.2) is 25.7 Å². The van der Waals surface area contributed by atoms with Gasteiger partial charge in [-0.3, -0.25) is 9.78 Å². The lowest BCUT2D eigenvalue weighted by Gasteiger charge is -2.14. The number of hydrogen-bond acceptors (Lipinski definition) is 4. The lowest BCUT2D eigenvalue weighted by molar-refractivity contribution is -0.121. The highest BCUT2D eigenvalue weighted by atomic mass is 16.1. The molecule has 2 heterocycles. The predicted octanol–water partition coefficient (Wildman–Crippen LogP) is 1.50. The molecule has 1 N–H and O–H groups in total. The van der Waals surface area contributed by atoms with Crippen LogP contribution < -0.4 is 5.32 Å². The number of rotatable bonds is 6. The largest absolute Gasteiger partial charge is 0.346 e. The Morgan fingerprint density at radius 1 is 1.50 bits per heavy atom. The first-order valence-electron chi connectivity index (χ1n) is 6.76. The Labute approximate surface area is 118 Å². The maximum absolute atomic E-state index is 12.0. The number of carbonyl (C=O) groups excluding carboxylic acids is 1. The molecular weight excluding hydrogens is 254 g/mol. The summed E-state index contributed by atoms with van der Waals surface area (Å²) in [7, 11) is 0. The van der Waals surface area contributed by atoms with Gasteiger partial charge in [0, 0.05) is 18.9 Å². The molecule has 0 aliphatic heterocycles. The van der Waals surface area contributed by atoms with Crippen molar-refractivity contribution in [1.29, 1.82) is 0 Å². The second-order valence-corrected chi connectivity index (χ2v) is 4.67. The smallest absolute Gasteiger partial charge is 0.225 e. The van der Waals surface area contributed by atoms with E-state index in [9.17, 15) is 4.79 Å². The van der Waals surface area contributed by atoms with Crippen molar-refractivity contribution < 1.29 is 4.79 Å². The number of aryl methyl sites for hydroxylation is 1. The van der Waals surface area contributed by atoms with Crippen molar-refractivity contribution in [3.63, 3.8) is 0 Å². The monoisotopic (exact) mass is 273 g/mol. The third-order valence-electron chi connectivity index (χ3n) is 2.93. The van der Waals surface area contributed by atoms with Crippen molar-refractivity contribution in [3.05, 3.63) is 42.2 Å². The van der Waals surface area contributed by atoms with Crippen LogP contribution in [0.3, 0.4) is 0 Å². The number of pyridine rings is 1. The highest BCUT2D eigenvalue weighted by Gasteiger charge is 2.15. The Morgan fingerprint density at radius 2 is 2.35 bits per heavy atom. The van der Waals surface area contributed by atoms with E-state index in [1.165, 1.54) is 6.33 Å². The summed E-state index contributed by atoms with van der Waals surface area (Å²) in [5.41, 5.74) is 0.896. The molecule has 6 nitrogen and oxygen atoms in total. The summed E-state index contributed by atoms with van der Waals surface area (Å²) in [4.78, 5) is 20.2. The summed E-state index contributed by atoms with van der Waals surface area (Å²) >= 11 is 0. The lowest BCUT2D eigenvalue weighted by Crippen LogP contribution is -2.30. The van der Waals surface area contributed by atoms with Gasteiger partial charge < -0.3 is 5.32 Å². The molecule has 6 heteroatoms. The van der Waals surface area contributed by atoms with E-state index >= 15 is 0 Å². The molecule has 2 aromatic rings. The minimum Gasteiger partial charge on any atom is -0.346 e. The number of nitrogens with one attached hydrogen (secondary N) is 1. The average Bonchev–Trinajstić information content (AvgIpc) is 2.88. The van der Waals surface area contributed by atoms with Gasteiger partial charge in [0.1, 0.15) is 12.2 Å². The van der Waals surface area contributed by atoms with E-state index in [0.29, 0.717) is 6.42 Å². The maximum Gasteiger partial charge on any atom is 0.225 e. The van der Waals surface area contributed by atoms with Crippen molar-refractivity contribution >= 4 is 5.91 Å². The molecule has 0 saturated carbocycles. The Hall–Kier alpha value is -2.24. The quantitative estimate of drug-likeness (QED) is 0.865. The summed E-state index contributed by atoms with van der Waals surface area (Å²) in [6.07, 6.45) is 6.21. The van der Waals surface area contributed by atoms with Gasteiger partial charge in [0.05, 0.1) is 12.5 Å². The molecule has 0 spiro atoms. The summed E-state index contributed by atoms with van der Waals surface area (Å²) in [5, 5.41) is 7.10. The van der Waals surface area contributed by atoms with Crippen LogP contribution in [0.1, 0.15) is 37.7 Å². The van der Waals surface area contributed by atoms with Crippen molar-refractivity contribution in [2.45, 2.75) is 39.3 Å². The first-order chi connectivity index (χ1) is 9.70. The molecule has 0 bridgehead atoms. The number of amides is 1. The van der Waals surface area contributed by atoms with E-state index in [4.69, 9.17) is 0 Å². The van der Waals surface area contributed by atoms with Crippen LogP contribution in [0.2, 0.25) is 0 Å². The van der Waals surface area contributed by atoms with Gasteiger partial charge >= 0.3 is 0 Å². The summed E-state index contributed by atoms with van der Waals surface area (Å²) in [6, 6.07) is 3.55. The van der Waals surface area contributed by atoms with E-state index in [2.05, 4.69) is 27.3 Å². The number of carbonyl (C=O) groups is 1. The minimum absolute atomic E-state index is 0.0449. The maximum atomic E-state index is 12.0. The van der Waals surface area contributed by atoms with Crippen LogP contribution in [0.5, 0.6) is 0 Å². The Morgan fingerprint density at radius 3 is 3.05 bits per heavy atom. The molecule has 0 fully saturated rings. The SMILES string of the molecule is CCCn1ncnc1[C@H](C)NC(=O)Cc1cccnc1. The van der Waals surface area contributed by atoms with Crippen molar-refractivity contribution in [1.82, 2.24) is 25.1 Å². The summed E-state index contributed by atoms with van der Waals surface area (Å²) in [6.45, 7) is 4.80. The third-order valence-corrected chi connectivity index (χ3v) is 2.93. The third kappa shape index (κ3) is 3.63. The van der Waals surface area contributed by atoms with Crippen molar-refractivity contribution in [3.8, 4) is 0 Å². The van der Waals surface area contributed by atoms with Gasteiger partial charge in [-0.1, -0.05) is 13.0 Å². The normalized spacial score (nSPS) is 12.1. The number of hydrogen-bond donors (Lipinski definition) is 1. The number of aromatic nitrogens is 4. The van der Waals surface area contributed by atoms with Gasteiger partial charge in [-0.25, -0.2) is 9.67 Å². The second-order valence-electron chi connectivity index (χ2n) is 4.67. The lowest BCUT2D eigenvalue weighted by atomic mass is 10.2. The summed E-state index contributed by atoms with van der Waals surface area (Å²) < 4.78 is 1.83. The highest BCUT2D eigenvalue weighted by Crippen LogP contribution is 2.09. The molecule has 0 unspecified atom stereocenters. The first kappa shape index (κ1) is 14.2. The zero-order chi connectivity index (χ0) is 14.4. The Balaban J connectivity index is 1.95. The van der Waals surface area contributed by atoms with E-state index in [0.717, 1.165) is 24.4 Å². The molecular formula is C14H19N5O. The van der Waals surface area contributed by atoms with Crippen molar-refractivity contribution in [2.24, 2.45) is 0 Å². The van der Waals surface area contributed by atoms with Crippen LogP contribution in [0.25, 0.3) is 0 Å². The van der Waals surface area contributed by atoms with E-state index in [1.807, 2.05) is 23.7 Å². The molecule has 0 radical (unpaired) electrons.